The lowest BCUT2D eigenvalue weighted by Gasteiger charge is -2.38. The maximum atomic E-state index is 12.2. The van der Waals surface area contributed by atoms with Crippen molar-refractivity contribution in [2.24, 2.45) is 0 Å². The average Bonchev–Trinajstić information content (AvgIpc) is 2.79. The van der Waals surface area contributed by atoms with Gasteiger partial charge in [-0.15, -0.1) is 0 Å². The third-order valence-electron chi connectivity index (χ3n) is 6.84. The first-order valence-electron chi connectivity index (χ1n) is 14.4. The molecule has 1 amide bonds. The minimum atomic E-state index is 0.261. The molecule has 0 radical (unpaired) electrons. The molecule has 0 aromatic rings. The van der Waals surface area contributed by atoms with E-state index in [0.717, 1.165) is 25.9 Å². The Morgan fingerprint density at radius 2 is 1.12 bits per heavy atom. The van der Waals surface area contributed by atoms with Crippen LogP contribution in [0.5, 0.6) is 0 Å². The molecular weight excluding hydrogens is 392 g/mol. The van der Waals surface area contributed by atoms with E-state index in [4.69, 9.17) is 0 Å². The van der Waals surface area contributed by atoms with E-state index >= 15 is 0 Å². The smallest absolute Gasteiger partial charge is 0.219 e. The van der Waals surface area contributed by atoms with Crippen LogP contribution in [-0.2, 0) is 4.79 Å². The number of amides is 1. The highest BCUT2D eigenvalue weighted by molar-refractivity contribution is 5.75. The molecule has 0 aliphatic carbocycles. The molecule has 190 valence electrons. The largest absolute Gasteiger partial charge is 0.356 e. The fourth-order valence-corrected chi connectivity index (χ4v) is 4.66. The number of nitrogens with one attached hydrogen (secondary N) is 1. The van der Waals surface area contributed by atoms with Crippen molar-refractivity contribution in [3.8, 4) is 0 Å². The summed E-state index contributed by atoms with van der Waals surface area (Å²) in [4.78, 5) is 12.2. The normalized spacial score (nSPS) is 12.0. The highest BCUT2D eigenvalue weighted by Crippen LogP contribution is 2.16. The van der Waals surface area contributed by atoms with Crippen molar-refractivity contribution in [2.45, 2.75) is 137 Å². The second-order valence-electron chi connectivity index (χ2n) is 9.96. The first-order chi connectivity index (χ1) is 15.6. The number of rotatable bonds is 24. The molecule has 0 aromatic carbocycles. The zero-order valence-electron chi connectivity index (χ0n) is 22.6. The maximum absolute atomic E-state index is 12.2. The van der Waals surface area contributed by atoms with Crippen LogP contribution in [0.1, 0.15) is 137 Å². The van der Waals surface area contributed by atoms with Gasteiger partial charge in [-0.2, -0.15) is 0 Å². The molecule has 0 aliphatic rings. The number of unbranched alkanes of at least 4 members (excludes halogenated alkanes) is 12. The van der Waals surface area contributed by atoms with E-state index in [1.54, 1.807) is 0 Å². The highest BCUT2D eigenvalue weighted by atomic mass is 16.1. The molecule has 0 saturated carbocycles. The van der Waals surface area contributed by atoms with Gasteiger partial charge in [0.15, 0.2) is 0 Å². The first-order valence-corrected chi connectivity index (χ1v) is 14.4. The molecule has 0 bridgehead atoms. The highest BCUT2D eigenvalue weighted by Gasteiger charge is 2.24. The standard InChI is InChI=1S/C29H58N2O/c1-5-9-13-14-15-16-17-18-19-23-29(32)30-24-22-28-31(25-12-8-4,26-20-10-6-2)27-21-11-7-3/h8,12H,5-7,9-11,13-28H2,1-4H3/p+1. The predicted octanol–water partition coefficient (Wildman–Crippen LogP) is 8.19. The van der Waals surface area contributed by atoms with Crippen molar-refractivity contribution in [3.63, 3.8) is 0 Å². The summed E-state index contributed by atoms with van der Waals surface area (Å²) < 4.78 is 1.21. The third kappa shape index (κ3) is 18.7. The zero-order valence-corrected chi connectivity index (χ0v) is 22.6. The number of hydrogen-bond acceptors (Lipinski definition) is 1. The lowest BCUT2D eigenvalue weighted by molar-refractivity contribution is -0.923. The molecule has 0 heterocycles. The van der Waals surface area contributed by atoms with Gasteiger partial charge in [-0.05, 0) is 45.1 Å². The molecule has 32 heavy (non-hydrogen) atoms. The van der Waals surface area contributed by atoms with Crippen LogP contribution in [0.4, 0.5) is 0 Å². The van der Waals surface area contributed by atoms with E-state index in [-0.39, 0.29) is 5.91 Å². The van der Waals surface area contributed by atoms with Crippen molar-refractivity contribution in [3.05, 3.63) is 12.2 Å². The molecule has 0 unspecified atom stereocenters. The third-order valence-corrected chi connectivity index (χ3v) is 6.84. The lowest BCUT2D eigenvalue weighted by atomic mass is 10.1. The second kappa shape index (κ2) is 23.3. The Balaban J connectivity index is 4.16. The summed E-state index contributed by atoms with van der Waals surface area (Å²) in [6.45, 7) is 14.7. The van der Waals surface area contributed by atoms with Gasteiger partial charge in [-0.3, -0.25) is 4.79 Å². The summed E-state index contributed by atoms with van der Waals surface area (Å²) >= 11 is 0. The van der Waals surface area contributed by atoms with Crippen LogP contribution in [0, 0.1) is 0 Å². The Morgan fingerprint density at radius 1 is 0.656 bits per heavy atom. The quantitative estimate of drug-likeness (QED) is 0.0894. The van der Waals surface area contributed by atoms with Crippen molar-refractivity contribution in [1.82, 2.24) is 5.32 Å². The molecule has 3 heteroatoms. The molecule has 0 atom stereocenters. The molecule has 0 spiro atoms. The fraction of sp³-hybridized carbons (Fsp3) is 0.897. The minimum absolute atomic E-state index is 0.261. The van der Waals surface area contributed by atoms with Crippen LogP contribution in [0.3, 0.4) is 0 Å². The van der Waals surface area contributed by atoms with Crippen LogP contribution in [-0.4, -0.2) is 43.1 Å². The Morgan fingerprint density at radius 3 is 1.66 bits per heavy atom. The Kier molecular flexibility index (Phi) is 22.7. The number of carbonyl (C=O) groups is 1. The summed E-state index contributed by atoms with van der Waals surface area (Å²) in [6.07, 6.45) is 26.0. The maximum Gasteiger partial charge on any atom is 0.219 e. The summed E-state index contributed by atoms with van der Waals surface area (Å²) in [5.74, 6) is 0.261. The first kappa shape index (κ1) is 31.2. The van der Waals surface area contributed by atoms with Gasteiger partial charge in [0, 0.05) is 19.4 Å². The van der Waals surface area contributed by atoms with Gasteiger partial charge in [0.05, 0.1) is 26.2 Å². The van der Waals surface area contributed by atoms with Gasteiger partial charge in [0.1, 0.15) is 0 Å². The van der Waals surface area contributed by atoms with E-state index < -0.39 is 0 Å². The van der Waals surface area contributed by atoms with Crippen LogP contribution in [0.25, 0.3) is 0 Å². The topological polar surface area (TPSA) is 29.1 Å². The fourth-order valence-electron chi connectivity index (χ4n) is 4.66. The van der Waals surface area contributed by atoms with Gasteiger partial charge >= 0.3 is 0 Å². The summed E-state index contributed by atoms with van der Waals surface area (Å²) in [6, 6.07) is 0. The number of carbonyl (C=O) groups excluding carboxylic acids is 1. The number of allylic oxidation sites excluding steroid dienone is 1. The van der Waals surface area contributed by atoms with E-state index in [1.807, 2.05) is 0 Å². The SMILES string of the molecule is CC=CC[N+](CCCCC)(CCCCC)CCCNC(=O)CCCCCCCCCCC. The van der Waals surface area contributed by atoms with Gasteiger partial charge < -0.3 is 9.80 Å². The van der Waals surface area contributed by atoms with Crippen LogP contribution in [0.2, 0.25) is 0 Å². The summed E-state index contributed by atoms with van der Waals surface area (Å²) in [5.41, 5.74) is 0. The lowest BCUT2D eigenvalue weighted by Crippen LogP contribution is -2.51. The summed E-state index contributed by atoms with van der Waals surface area (Å²) in [5, 5.41) is 3.20. The van der Waals surface area contributed by atoms with Gasteiger partial charge in [-0.25, -0.2) is 0 Å². The molecule has 0 aliphatic heterocycles. The van der Waals surface area contributed by atoms with Crippen molar-refractivity contribution in [1.29, 1.82) is 0 Å². The van der Waals surface area contributed by atoms with Crippen LogP contribution < -0.4 is 5.32 Å². The monoisotopic (exact) mass is 451 g/mol. The Bertz CT molecular complexity index is 423. The molecule has 1 N–H and O–H groups in total. The molecule has 3 nitrogen and oxygen atoms in total. The van der Waals surface area contributed by atoms with Gasteiger partial charge in [-0.1, -0.05) is 91.1 Å². The van der Waals surface area contributed by atoms with Gasteiger partial charge in [0.25, 0.3) is 0 Å². The molecule has 0 rings (SSSR count). The Labute approximate surface area is 202 Å². The zero-order chi connectivity index (χ0) is 23.8. The molecule has 0 fully saturated rings. The van der Waals surface area contributed by atoms with E-state index in [1.165, 1.54) is 114 Å². The van der Waals surface area contributed by atoms with Crippen molar-refractivity contribution >= 4 is 5.91 Å². The van der Waals surface area contributed by atoms with Crippen molar-refractivity contribution in [2.75, 3.05) is 32.7 Å². The second-order valence-corrected chi connectivity index (χ2v) is 9.96. The average molecular weight is 452 g/mol. The summed E-state index contributed by atoms with van der Waals surface area (Å²) in [7, 11) is 0. The molecule has 0 aromatic heterocycles. The molecule has 0 saturated heterocycles. The number of nitrogens with zero attached hydrogens (tertiary/aromatic N) is 1. The van der Waals surface area contributed by atoms with Crippen molar-refractivity contribution < 1.29 is 9.28 Å². The molecular formula is C29H59N2O+. The van der Waals surface area contributed by atoms with Crippen LogP contribution in [0.15, 0.2) is 12.2 Å². The minimum Gasteiger partial charge on any atom is -0.356 e. The van der Waals surface area contributed by atoms with E-state index in [0.29, 0.717) is 6.42 Å². The number of quaternary nitrogens is 1. The van der Waals surface area contributed by atoms with Crippen LogP contribution >= 0.6 is 0 Å². The number of hydrogen-bond donors (Lipinski definition) is 1. The van der Waals surface area contributed by atoms with Gasteiger partial charge in [0.2, 0.25) is 5.91 Å². The van der Waals surface area contributed by atoms with E-state index in [9.17, 15) is 4.79 Å². The van der Waals surface area contributed by atoms with E-state index in [2.05, 4.69) is 45.2 Å². The predicted molar refractivity (Wildman–Crippen MR) is 143 cm³/mol. The Hall–Kier alpha value is -0.830.